The maximum atomic E-state index is 12.8. The van der Waals surface area contributed by atoms with Gasteiger partial charge in [-0.2, -0.15) is 21.6 Å². The number of carbonyl (C=O) groups excluding carboxylic acids is 1. The lowest BCUT2D eigenvalue weighted by atomic mass is 10.2. The minimum atomic E-state index is -6.25. The van der Waals surface area contributed by atoms with Gasteiger partial charge in [0.05, 0.1) is 0 Å². The maximum Gasteiger partial charge on any atom is 0.447 e. The molecule has 0 aromatic rings. The Balaban J connectivity index is 5.78. The zero-order chi connectivity index (χ0) is 11.8. The van der Waals surface area contributed by atoms with Gasteiger partial charge in [0, 0.05) is 0 Å². The molecule has 14 heavy (non-hydrogen) atoms. The Morgan fingerprint density at radius 1 is 1.29 bits per heavy atom. The van der Waals surface area contributed by atoms with Crippen LogP contribution in [0.5, 0.6) is 0 Å². The number of halogens is 4. The molecular weight excluding hydrogens is 232 g/mol. The van der Waals surface area contributed by atoms with Gasteiger partial charge in [-0.05, 0) is 6.08 Å². The molecule has 0 aromatic heterocycles. The highest BCUT2D eigenvalue weighted by Crippen LogP contribution is 2.38. The Morgan fingerprint density at radius 2 is 1.64 bits per heavy atom. The van der Waals surface area contributed by atoms with E-state index in [0.29, 0.717) is 0 Å². The molecule has 0 spiro atoms. The second kappa shape index (κ2) is 3.31. The molecule has 1 unspecified atom stereocenters. The molecule has 0 fully saturated rings. The van der Waals surface area contributed by atoms with Crippen LogP contribution in [0.3, 0.4) is 0 Å². The largest absolute Gasteiger partial charge is 0.447 e. The summed E-state index contributed by atoms with van der Waals surface area (Å²) in [7, 11) is -6.25. The van der Waals surface area contributed by atoms with Gasteiger partial charge in [0.15, 0.2) is 0 Å². The van der Waals surface area contributed by atoms with Crippen LogP contribution < -0.4 is 0 Å². The van der Waals surface area contributed by atoms with E-state index in [0.717, 1.165) is 0 Å². The number of allylic oxidation sites excluding steroid dienone is 1. The highest BCUT2D eigenvalue weighted by atomic mass is 32.2. The number of hydrogen-bond donors (Lipinski definition) is 1. The molecule has 82 valence electrons. The van der Waals surface area contributed by atoms with Crippen molar-refractivity contribution in [1.82, 2.24) is 0 Å². The molecule has 0 radical (unpaired) electrons. The predicted molar refractivity (Wildman–Crippen MR) is 36.6 cm³/mol. The molecule has 0 aliphatic heterocycles. The van der Waals surface area contributed by atoms with E-state index in [9.17, 15) is 30.8 Å². The third-order valence-corrected chi connectivity index (χ3v) is 2.37. The minimum absolute atomic E-state index is 0.179. The first-order valence-corrected chi connectivity index (χ1v) is 4.32. The summed E-state index contributed by atoms with van der Waals surface area (Å²) in [6.45, 7) is 2.49. The molecule has 0 aliphatic carbocycles. The lowest BCUT2D eigenvalue weighted by molar-refractivity contribution is -0.197. The summed E-state index contributed by atoms with van der Waals surface area (Å²) in [6, 6.07) is 0. The van der Waals surface area contributed by atoms with E-state index in [4.69, 9.17) is 4.55 Å². The Labute approximate surface area is 76.0 Å². The van der Waals surface area contributed by atoms with E-state index in [1.165, 1.54) is 0 Å². The van der Waals surface area contributed by atoms with Crippen LogP contribution in [0.1, 0.15) is 0 Å². The van der Waals surface area contributed by atoms with Gasteiger partial charge in [0.25, 0.3) is 0 Å². The molecule has 1 N–H and O–H groups in total. The van der Waals surface area contributed by atoms with Crippen molar-refractivity contribution in [3.05, 3.63) is 12.7 Å². The minimum Gasteiger partial charge on any atom is -0.289 e. The average molecular weight is 236 g/mol. The highest BCUT2D eigenvalue weighted by Gasteiger charge is 2.70. The van der Waals surface area contributed by atoms with Gasteiger partial charge in [-0.1, -0.05) is 6.58 Å². The molecular formula is C5H4F4O4S. The summed E-state index contributed by atoms with van der Waals surface area (Å²) >= 11 is 0. The van der Waals surface area contributed by atoms with Gasteiger partial charge in [-0.25, -0.2) is 4.39 Å². The number of alkyl halides is 4. The first-order valence-electron chi connectivity index (χ1n) is 2.88. The number of carbonyl (C=O) groups is 1. The number of rotatable bonds is 3. The molecule has 1 atom stereocenters. The SMILES string of the molecule is C=CC(=O)C(F)(C(F)(F)F)S(=O)(=O)O. The van der Waals surface area contributed by atoms with Crippen molar-refractivity contribution in [1.29, 1.82) is 0 Å². The Bertz CT molecular complexity index is 356. The van der Waals surface area contributed by atoms with Gasteiger partial charge >= 0.3 is 21.3 Å². The van der Waals surface area contributed by atoms with E-state index in [-0.39, 0.29) is 6.08 Å². The molecule has 0 amide bonds. The zero-order valence-electron chi connectivity index (χ0n) is 6.38. The summed E-state index contributed by atoms with van der Waals surface area (Å²) < 4.78 is 76.5. The van der Waals surface area contributed by atoms with Gasteiger partial charge in [0.2, 0.25) is 5.78 Å². The normalized spacial score (nSPS) is 17.2. The van der Waals surface area contributed by atoms with Gasteiger partial charge in [0.1, 0.15) is 0 Å². The van der Waals surface area contributed by atoms with Gasteiger partial charge in [-0.15, -0.1) is 0 Å². The smallest absolute Gasteiger partial charge is 0.289 e. The molecule has 0 heterocycles. The molecule has 0 bridgehead atoms. The second-order valence-corrected chi connectivity index (χ2v) is 3.65. The van der Waals surface area contributed by atoms with Crippen LogP contribution in [-0.4, -0.2) is 29.9 Å². The zero-order valence-corrected chi connectivity index (χ0v) is 7.19. The molecule has 0 saturated carbocycles. The van der Waals surface area contributed by atoms with Crippen LogP contribution in [0.15, 0.2) is 12.7 Å². The monoisotopic (exact) mass is 236 g/mol. The quantitative estimate of drug-likeness (QED) is 0.448. The summed E-state index contributed by atoms with van der Waals surface area (Å²) in [5.74, 6) is -2.49. The van der Waals surface area contributed by atoms with Gasteiger partial charge < -0.3 is 0 Å². The molecule has 0 rings (SSSR count). The van der Waals surface area contributed by atoms with E-state index in [1.54, 1.807) is 0 Å². The fourth-order valence-corrected chi connectivity index (χ4v) is 1.17. The van der Waals surface area contributed by atoms with Gasteiger partial charge in [-0.3, -0.25) is 9.35 Å². The summed E-state index contributed by atoms with van der Waals surface area (Å²) in [6.07, 6.45) is -6.24. The first kappa shape index (κ1) is 13.0. The predicted octanol–water partition coefficient (Wildman–Crippen LogP) is 0.857. The third kappa shape index (κ3) is 1.77. The van der Waals surface area contributed by atoms with Crippen molar-refractivity contribution < 1.29 is 35.3 Å². The molecule has 9 heteroatoms. The van der Waals surface area contributed by atoms with Crippen molar-refractivity contribution >= 4 is 15.9 Å². The molecule has 0 saturated heterocycles. The average Bonchev–Trinajstić information content (AvgIpc) is 1.97. The Hall–Kier alpha value is -0.960. The third-order valence-electron chi connectivity index (χ3n) is 1.22. The summed E-state index contributed by atoms with van der Waals surface area (Å²) in [5, 5.41) is -5.35. The van der Waals surface area contributed by atoms with E-state index < -0.39 is 27.1 Å². The maximum absolute atomic E-state index is 12.8. The van der Waals surface area contributed by atoms with Crippen LogP contribution in [-0.2, 0) is 14.9 Å². The standard InChI is InChI=1S/C5H4F4O4S/c1-2-3(10)4(6,5(7,8)9)14(11,12)13/h2H,1H2,(H,11,12,13). The van der Waals surface area contributed by atoms with E-state index in [2.05, 4.69) is 6.58 Å². The Morgan fingerprint density at radius 3 is 1.71 bits per heavy atom. The topological polar surface area (TPSA) is 71.4 Å². The molecule has 0 aromatic carbocycles. The van der Waals surface area contributed by atoms with Crippen molar-refractivity contribution in [2.45, 2.75) is 11.2 Å². The van der Waals surface area contributed by atoms with E-state index in [1.807, 2.05) is 0 Å². The fourth-order valence-electron chi connectivity index (χ4n) is 0.544. The lowest BCUT2D eigenvalue weighted by Gasteiger charge is -2.21. The van der Waals surface area contributed by atoms with Crippen LogP contribution in [0.4, 0.5) is 17.6 Å². The summed E-state index contributed by atoms with van der Waals surface area (Å²) in [5.41, 5.74) is 0. The van der Waals surface area contributed by atoms with Crippen LogP contribution in [0.2, 0.25) is 0 Å². The van der Waals surface area contributed by atoms with Crippen LogP contribution >= 0.6 is 0 Å². The second-order valence-electron chi connectivity index (χ2n) is 2.14. The van der Waals surface area contributed by atoms with Crippen molar-refractivity contribution in [2.75, 3.05) is 0 Å². The van der Waals surface area contributed by atoms with Crippen LogP contribution in [0.25, 0.3) is 0 Å². The van der Waals surface area contributed by atoms with Crippen molar-refractivity contribution in [2.24, 2.45) is 0 Å². The lowest BCUT2D eigenvalue weighted by Crippen LogP contribution is -2.53. The fraction of sp³-hybridized carbons (Fsp3) is 0.400. The molecule has 0 aliphatic rings. The number of hydrogen-bond acceptors (Lipinski definition) is 3. The Kier molecular flexibility index (Phi) is 3.09. The van der Waals surface area contributed by atoms with Crippen molar-refractivity contribution in [3.8, 4) is 0 Å². The van der Waals surface area contributed by atoms with E-state index >= 15 is 0 Å². The highest BCUT2D eigenvalue weighted by molar-refractivity contribution is 7.88. The number of ketones is 1. The van der Waals surface area contributed by atoms with Crippen molar-refractivity contribution in [3.63, 3.8) is 0 Å². The molecule has 4 nitrogen and oxygen atoms in total. The first-order chi connectivity index (χ1) is 5.98. The van der Waals surface area contributed by atoms with Crippen LogP contribution in [0, 0.1) is 0 Å². The summed E-state index contributed by atoms with van der Waals surface area (Å²) in [4.78, 5) is 10.4.